The predicted molar refractivity (Wildman–Crippen MR) is 53.6 cm³/mol. The summed E-state index contributed by atoms with van der Waals surface area (Å²) >= 11 is 5.74. The molecule has 0 radical (unpaired) electrons. The molecule has 0 saturated heterocycles. The second-order valence-corrected chi connectivity index (χ2v) is 3.49. The van der Waals surface area contributed by atoms with E-state index >= 15 is 0 Å². The van der Waals surface area contributed by atoms with E-state index in [1.54, 1.807) is 0 Å². The Kier molecular flexibility index (Phi) is 2.47. The van der Waals surface area contributed by atoms with Gasteiger partial charge in [0.15, 0.2) is 11.6 Å². The molecule has 1 aromatic carbocycles. The highest BCUT2D eigenvalue weighted by Gasteiger charge is 2.12. The van der Waals surface area contributed by atoms with E-state index in [9.17, 15) is 13.6 Å². The first kappa shape index (κ1) is 10.8. The minimum atomic E-state index is -1.28. The third-order valence-electron chi connectivity index (χ3n) is 2.02. The zero-order chi connectivity index (χ0) is 11.9. The molecule has 6 heteroatoms. The van der Waals surface area contributed by atoms with Crippen LogP contribution in [0.2, 0.25) is 5.02 Å². The van der Waals surface area contributed by atoms with E-state index in [1.807, 2.05) is 0 Å². The molecule has 0 bridgehead atoms. The predicted octanol–water partition coefficient (Wildman–Crippen LogP) is 2.86. The molecule has 0 fully saturated rings. The van der Waals surface area contributed by atoms with E-state index in [1.165, 1.54) is 0 Å². The van der Waals surface area contributed by atoms with Crippen LogP contribution in [-0.4, -0.2) is 16.1 Å². The monoisotopic (exact) mass is 243 g/mol. The summed E-state index contributed by atoms with van der Waals surface area (Å²) in [7, 11) is 0. The molecule has 0 aliphatic carbocycles. The van der Waals surface area contributed by atoms with Crippen LogP contribution in [0.4, 0.5) is 8.78 Å². The lowest BCUT2D eigenvalue weighted by atomic mass is 10.2. The van der Waals surface area contributed by atoms with Crippen molar-refractivity contribution in [2.75, 3.05) is 0 Å². The Morgan fingerprint density at radius 1 is 1.25 bits per heavy atom. The molecule has 0 aliphatic heterocycles. The maximum atomic E-state index is 12.9. The average Bonchev–Trinajstić information content (AvgIpc) is 2.20. The van der Waals surface area contributed by atoms with E-state index in [2.05, 4.69) is 4.98 Å². The van der Waals surface area contributed by atoms with Crippen molar-refractivity contribution in [3.63, 3.8) is 0 Å². The molecule has 0 unspecified atom stereocenters. The number of carboxylic acids is 1. The minimum Gasteiger partial charge on any atom is -0.477 e. The molecule has 2 aromatic rings. The van der Waals surface area contributed by atoms with Gasteiger partial charge in [-0.15, -0.1) is 0 Å². The SMILES string of the molecule is O=C(O)c1cc(Cl)c2cc(F)c(F)cc2n1. The van der Waals surface area contributed by atoms with Crippen molar-refractivity contribution in [1.82, 2.24) is 4.98 Å². The summed E-state index contributed by atoms with van der Waals surface area (Å²) in [5, 5.41) is 8.89. The van der Waals surface area contributed by atoms with Gasteiger partial charge in [0.1, 0.15) is 5.69 Å². The highest BCUT2D eigenvalue weighted by Crippen LogP contribution is 2.25. The minimum absolute atomic E-state index is 0.00352. The van der Waals surface area contributed by atoms with Gasteiger partial charge >= 0.3 is 5.97 Å². The number of aromatic carboxylic acids is 1. The van der Waals surface area contributed by atoms with Gasteiger partial charge in [0.2, 0.25) is 0 Å². The number of carboxylic acid groups (broad SMARTS) is 1. The fraction of sp³-hybridized carbons (Fsp3) is 0. The van der Waals surface area contributed by atoms with Gasteiger partial charge in [-0.1, -0.05) is 11.6 Å². The van der Waals surface area contributed by atoms with Crippen molar-refractivity contribution in [3.8, 4) is 0 Å². The van der Waals surface area contributed by atoms with Crippen molar-refractivity contribution in [1.29, 1.82) is 0 Å². The van der Waals surface area contributed by atoms with Crippen LogP contribution in [0.15, 0.2) is 18.2 Å². The van der Waals surface area contributed by atoms with Crippen LogP contribution >= 0.6 is 11.6 Å². The Morgan fingerprint density at radius 2 is 1.88 bits per heavy atom. The van der Waals surface area contributed by atoms with Gasteiger partial charge < -0.3 is 5.11 Å². The molecule has 2 rings (SSSR count). The molecule has 1 aromatic heterocycles. The first-order valence-corrected chi connectivity index (χ1v) is 4.55. The lowest BCUT2D eigenvalue weighted by Crippen LogP contribution is -2.01. The van der Waals surface area contributed by atoms with E-state index in [4.69, 9.17) is 16.7 Å². The Bertz CT molecular complexity index is 601. The van der Waals surface area contributed by atoms with E-state index in [0.717, 1.165) is 18.2 Å². The molecule has 3 nitrogen and oxygen atoms in total. The molecule has 0 saturated carbocycles. The van der Waals surface area contributed by atoms with Crippen LogP contribution in [0.3, 0.4) is 0 Å². The zero-order valence-electron chi connectivity index (χ0n) is 7.67. The number of halogens is 3. The van der Waals surface area contributed by atoms with Gasteiger partial charge in [-0.25, -0.2) is 18.6 Å². The van der Waals surface area contributed by atoms with Gasteiger partial charge in [0.05, 0.1) is 10.5 Å². The van der Waals surface area contributed by atoms with Gasteiger partial charge in [-0.3, -0.25) is 0 Å². The van der Waals surface area contributed by atoms with E-state index in [0.29, 0.717) is 0 Å². The average molecular weight is 244 g/mol. The summed E-state index contributed by atoms with van der Waals surface area (Å²) in [5.74, 6) is -3.44. The standard InChI is InChI=1S/C10H4ClF2NO2/c11-5-2-9(10(15)16)14-8-3-7(13)6(12)1-4(5)8/h1-3H,(H,15,16). The molecule has 0 atom stereocenters. The highest BCUT2D eigenvalue weighted by molar-refractivity contribution is 6.35. The fourth-order valence-corrected chi connectivity index (χ4v) is 1.54. The number of benzene rings is 1. The number of aromatic nitrogens is 1. The lowest BCUT2D eigenvalue weighted by molar-refractivity contribution is 0.0691. The number of rotatable bonds is 1. The second kappa shape index (κ2) is 3.68. The van der Waals surface area contributed by atoms with Gasteiger partial charge in [-0.05, 0) is 12.1 Å². The zero-order valence-corrected chi connectivity index (χ0v) is 8.42. The summed E-state index contributed by atoms with van der Waals surface area (Å²) in [4.78, 5) is 14.3. The first-order chi connectivity index (χ1) is 7.49. The Labute approximate surface area is 93.3 Å². The van der Waals surface area contributed by atoms with Crippen LogP contribution in [0, 0.1) is 11.6 Å². The summed E-state index contributed by atoms with van der Waals surface area (Å²) in [6.07, 6.45) is 0. The second-order valence-electron chi connectivity index (χ2n) is 3.08. The normalized spacial score (nSPS) is 10.7. The molecule has 16 heavy (non-hydrogen) atoms. The number of pyridine rings is 1. The number of nitrogens with zero attached hydrogens (tertiary/aromatic N) is 1. The summed E-state index contributed by atoms with van der Waals surface area (Å²) in [6.45, 7) is 0. The Morgan fingerprint density at radius 3 is 2.50 bits per heavy atom. The van der Waals surface area contributed by atoms with E-state index < -0.39 is 17.6 Å². The van der Waals surface area contributed by atoms with Crippen LogP contribution in [-0.2, 0) is 0 Å². The molecule has 1 N–H and O–H groups in total. The maximum absolute atomic E-state index is 12.9. The Balaban J connectivity index is 2.82. The summed E-state index contributed by atoms with van der Waals surface area (Å²) in [5.41, 5.74) is -0.313. The maximum Gasteiger partial charge on any atom is 0.354 e. The number of carbonyl (C=O) groups is 1. The fourth-order valence-electron chi connectivity index (χ4n) is 1.29. The van der Waals surface area contributed by atoms with Crippen LogP contribution in [0.5, 0.6) is 0 Å². The largest absolute Gasteiger partial charge is 0.477 e. The van der Waals surface area contributed by atoms with Crippen molar-refractivity contribution in [2.45, 2.75) is 0 Å². The summed E-state index contributed by atoms with van der Waals surface area (Å²) < 4.78 is 25.8. The van der Waals surface area contributed by atoms with Gasteiger partial charge in [0.25, 0.3) is 0 Å². The van der Waals surface area contributed by atoms with Crippen LogP contribution in [0.25, 0.3) is 10.9 Å². The van der Waals surface area contributed by atoms with E-state index in [-0.39, 0.29) is 21.6 Å². The summed E-state index contributed by atoms with van der Waals surface area (Å²) in [6, 6.07) is 2.78. The Hall–Kier alpha value is -1.75. The topological polar surface area (TPSA) is 50.2 Å². The molecule has 0 aliphatic rings. The number of fused-ring (bicyclic) bond motifs is 1. The molecule has 82 valence electrons. The van der Waals surface area contributed by atoms with Crippen LogP contribution < -0.4 is 0 Å². The van der Waals surface area contributed by atoms with Crippen molar-refractivity contribution in [2.24, 2.45) is 0 Å². The van der Waals surface area contributed by atoms with Crippen molar-refractivity contribution >= 4 is 28.5 Å². The van der Waals surface area contributed by atoms with Crippen LogP contribution in [0.1, 0.15) is 10.5 Å². The number of hydrogen-bond acceptors (Lipinski definition) is 2. The first-order valence-electron chi connectivity index (χ1n) is 4.17. The molecule has 0 spiro atoms. The molecule has 1 heterocycles. The number of hydrogen-bond donors (Lipinski definition) is 1. The van der Waals surface area contributed by atoms with Gasteiger partial charge in [-0.2, -0.15) is 0 Å². The quantitative estimate of drug-likeness (QED) is 0.838. The molecular weight excluding hydrogens is 240 g/mol. The lowest BCUT2D eigenvalue weighted by Gasteiger charge is -2.03. The van der Waals surface area contributed by atoms with Gasteiger partial charge in [0, 0.05) is 11.5 Å². The smallest absolute Gasteiger partial charge is 0.354 e. The van der Waals surface area contributed by atoms with Crippen molar-refractivity contribution < 1.29 is 18.7 Å². The molecule has 0 amide bonds. The molecular formula is C10H4ClF2NO2. The third kappa shape index (κ3) is 1.69. The highest BCUT2D eigenvalue weighted by atomic mass is 35.5. The third-order valence-corrected chi connectivity index (χ3v) is 2.33. The van der Waals surface area contributed by atoms with Crippen molar-refractivity contribution in [3.05, 3.63) is 40.6 Å².